The molecule has 1 aromatic rings. The molecule has 0 fully saturated rings. The van der Waals surface area contributed by atoms with E-state index < -0.39 is 0 Å². The van der Waals surface area contributed by atoms with Crippen molar-refractivity contribution in [1.82, 2.24) is 0 Å². The van der Waals surface area contributed by atoms with E-state index in [1.165, 1.54) is 0 Å². The summed E-state index contributed by atoms with van der Waals surface area (Å²) in [4.78, 5) is 0. The molecule has 0 amide bonds. The Labute approximate surface area is 105 Å². The lowest BCUT2D eigenvalue weighted by Gasteiger charge is -2.21. The highest BCUT2D eigenvalue weighted by Gasteiger charge is 2.17. The molecule has 0 aliphatic rings. The minimum atomic E-state index is -0.0165. The van der Waals surface area contributed by atoms with Gasteiger partial charge in [-0.1, -0.05) is 19.4 Å². The van der Waals surface area contributed by atoms with Crippen LogP contribution in [0.1, 0.15) is 24.9 Å². The Bertz CT molecular complexity index is 340. The Hall–Kier alpha value is -0.580. The average molecular weight is 287 g/mol. The molecule has 0 saturated carbocycles. The predicted octanol–water partition coefficient (Wildman–Crippen LogP) is 2.44. The highest BCUT2D eigenvalue weighted by Crippen LogP contribution is 2.30. The number of halogens is 1. The fraction of sp³-hybridized carbons (Fsp3) is 0.500. The molecule has 0 saturated heterocycles. The third-order valence-corrected chi connectivity index (χ3v) is 3.52. The van der Waals surface area contributed by atoms with Crippen LogP contribution in [0.4, 0.5) is 0 Å². The van der Waals surface area contributed by atoms with Gasteiger partial charge in [-0.3, -0.25) is 0 Å². The number of nitrogens with two attached hydrogens (primary N) is 2. The second-order valence-corrected chi connectivity index (χ2v) is 4.68. The van der Waals surface area contributed by atoms with Crippen LogP contribution < -0.4 is 16.2 Å². The third-order valence-electron chi connectivity index (χ3n) is 2.90. The first kappa shape index (κ1) is 13.5. The van der Waals surface area contributed by atoms with Crippen molar-refractivity contribution < 1.29 is 4.74 Å². The van der Waals surface area contributed by atoms with Gasteiger partial charge in [0.05, 0.1) is 11.6 Å². The van der Waals surface area contributed by atoms with Crippen LogP contribution >= 0.6 is 15.9 Å². The highest BCUT2D eigenvalue weighted by molar-refractivity contribution is 9.10. The molecule has 0 heterocycles. The molecular formula is C12H19BrN2O. The summed E-state index contributed by atoms with van der Waals surface area (Å²) < 4.78 is 6.11. The minimum Gasteiger partial charge on any atom is -0.496 e. The third kappa shape index (κ3) is 2.97. The zero-order valence-corrected chi connectivity index (χ0v) is 11.3. The fourth-order valence-electron chi connectivity index (χ4n) is 1.73. The largest absolute Gasteiger partial charge is 0.496 e. The molecule has 0 aromatic heterocycles. The Kier molecular flexibility index (Phi) is 5.25. The first-order valence-electron chi connectivity index (χ1n) is 5.43. The van der Waals surface area contributed by atoms with Crippen molar-refractivity contribution in [2.45, 2.75) is 19.4 Å². The van der Waals surface area contributed by atoms with Gasteiger partial charge < -0.3 is 16.2 Å². The molecule has 2 atom stereocenters. The molecule has 0 spiro atoms. The van der Waals surface area contributed by atoms with Crippen LogP contribution in [0.3, 0.4) is 0 Å². The zero-order valence-electron chi connectivity index (χ0n) is 9.74. The summed E-state index contributed by atoms with van der Waals surface area (Å²) in [7, 11) is 1.65. The van der Waals surface area contributed by atoms with E-state index >= 15 is 0 Å². The maximum Gasteiger partial charge on any atom is 0.133 e. The smallest absolute Gasteiger partial charge is 0.133 e. The van der Waals surface area contributed by atoms with Gasteiger partial charge >= 0.3 is 0 Å². The van der Waals surface area contributed by atoms with E-state index in [1.54, 1.807) is 7.11 Å². The number of methoxy groups -OCH3 is 1. The summed E-state index contributed by atoms with van der Waals surface area (Å²) >= 11 is 3.46. The van der Waals surface area contributed by atoms with Crippen LogP contribution in [0, 0.1) is 5.92 Å². The lowest BCUT2D eigenvalue weighted by atomic mass is 9.92. The monoisotopic (exact) mass is 286 g/mol. The van der Waals surface area contributed by atoms with Crippen molar-refractivity contribution in [2.24, 2.45) is 17.4 Å². The number of rotatable bonds is 5. The number of ether oxygens (including phenoxy) is 1. The average Bonchev–Trinajstić information content (AvgIpc) is 2.30. The SMILES string of the molecule is CCC(CN)C(N)c1ccc(OC)c(Br)c1. The Balaban J connectivity index is 2.91. The maximum atomic E-state index is 6.18. The topological polar surface area (TPSA) is 61.3 Å². The standard InChI is InChI=1S/C12H19BrN2O/c1-3-8(7-14)12(15)9-4-5-11(16-2)10(13)6-9/h4-6,8,12H,3,7,14-15H2,1-2H3. The molecule has 4 N–H and O–H groups in total. The van der Waals surface area contributed by atoms with Gasteiger partial charge in [-0.2, -0.15) is 0 Å². The zero-order chi connectivity index (χ0) is 12.1. The molecule has 4 heteroatoms. The van der Waals surface area contributed by atoms with E-state index in [1.807, 2.05) is 18.2 Å². The molecule has 0 radical (unpaired) electrons. The summed E-state index contributed by atoms with van der Waals surface area (Å²) in [5.41, 5.74) is 13.0. The van der Waals surface area contributed by atoms with E-state index in [4.69, 9.17) is 16.2 Å². The first-order valence-corrected chi connectivity index (χ1v) is 6.22. The van der Waals surface area contributed by atoms with Crippen molar-refractivity contribution >= 4 is 15.9 Å². The van der Waals surface area contributed by atoms with E-state index in [2.05, 4.69) is 22.9 Å². The van der Waals surface area contributed by atoms with Gasteiger partial charge in [-0.15, -0.1) is 0 Å². The first-order chi connectivity index (χ1) is 7.63. The van der Waals surface area contributed by atoms with Crippen LogP contribution in [-0.4, -0.2) is 13.7 Å². The quantitative estimate of drug-likeness (QED) is 0.874. The van der Waals surface area contributed by atoms with Gasteiger partial charge in [-0.25, -0.2) is 0 Å². The van der Waals surface area contributed by atoms with Gasteiger partial charge in [0.25, 0.3) is 0 Å². The van der Waals surface area contributed by atoms with Crippen molar-refractivity contribution in [3.8, 4) is 5.75 Å². The molecule has 2 unspecified atom stereocenters. The summed E-state index contributed by atoms with van der Waals surface area (Å²) in [6.07, 6.45) is 0.987. The van der Waals surface area contributed by atoms with Crippen molar-refractivity contribution in [3.63, 3.8) is 0 Å². The molecule has 1 rings (SSSR count). The molecular weight excluding hydrogens is 268 g/mol. The van der Waals surface area contributed by atoms with Crippen LogP contribution in [0.2, 0.25) is 0 Å². The van der Waals surface area contributed by atoms with Crippen molar-refractivity contribution in [1.29, 1.82) is 0 Å². The van der Waals surface area contributed by atoms with Crippen LogP contribution in [0.25, 0.3) is 0 Å². The van der Waals surface area contributed by atoms with Gasteiger partial charge in [0, 0.05) is 6.04 Å². The van der Waals surface area contributed by atoms with Crippen LogP contribution in [0.5, 0.6) is 5.75 Å². The van der Waals surface area contributed by atoms with Crippen molar-refractivity contribution in [2.75, 3.05) is 13.7 Å². The van der Waals surface area contributed by atoms with Gasteiger partial charge in [0.15, 0.2) is 0 Å². The van der Waals surface area contributed by atoms with E-state index in [9.17, 15) is 0 Å². The molecule has 90 valence electrons. The van der Waals surface area contributed by atoms with Crippen LogP contribution in [-0.2, 0) is 0 Å². The minimum absolute atomic E-state index is 0.0165. The summed E-state index contributed by atoms with van der Waals surface area (Å²) in [6.45, 7) is 2.72. The number of hydrogen-bond donors (Lipinski definition) is 2. The molecule has 0 aliphatic carbocycles. The Morgan fingerprint density at radius 1 is 1.44 bits per heavy atom. The lowest BCUT2D eigenvalue weighted by Crippen LogP contribution is -2.27. The Morgan fingerprint density at radius 2 is 2.12 bits per heavy atom. The summed E-state index contributed by atoms with van der Waals surface area (Å²) in [6, 6.07) is 5.90. The predicted molar refractivity (Wildman–Crippen MR) is 70.5 cm³/mol. The number of hydrogen-bond acceptors (Lipinski definition) is 3. The van der Waals surface area contributed by atoms with E-state index in [0.29, 0.717) is 12.5 Å². The van der Waals surface area contributed by atoms with Crippen LogP contribution in [0.15, 0.2) is 22.7 Å². The second-order valence-electron chi connectivity index (χ2n) is 3.82. The number of benzene rings is 1. The normalized spacial score (nSPS) is 14.6. The highest BCUT2D eigenvalue weighted by atomic mass is 79.9. The van der Waals surface area contributed by atoms with E-state index in [0.717, 1.165) is 22.2 Å². The maximum absolute atomic E-state index is 6.18. The fourth-order valence-corrected chi connectivity index (χ4v) is 2.29. The summed E-state index contributed by atoms with van der Waals surface area (Å²) in [5.74, 6) is 1.14. The molecule has 16 heavy (non-hydrogen) atoms. The molecule has 0 aliphatic heterocycles. The van der Waals surface area contributed by atoms with E-state index in [-0.39, 0.29) is 6.04 Å². The van der Waals surface area contributed by atoms with Gasteiger partial charge in [0.2, 0.25) is 0 Å². The lowest BCUT2D eigenvalue weighted by molar-refractivity contribution is 0.409. The molecule has 3 nitrogen and oxygen atoms in total. The second kappa shape index (κ2) is 6.23. The van der Waals surface area contributed by atoms with Gasteiger partial charge in [0.1, 0.15) is 5.75 Å². The summed E-state index contributed by atoms with van der Waals surface area (Å²) in [5, 5.41) is 0. The molecule has 0 bridgehead atoms. The Morgan fingerprint density at radius 3 is 2.56 bits per heavy atom. The van der Waals surface area contributed by atoms with Gasteiger partial charge in [-0.05, 0) is 46.1 Å². The van der Waals surface area contributed by atoms with Crippen molar-refractivity contribution in [3.05, 3.63) is 28.2 Å². The molecule has 1 aromatic carbocycles.